The van der Waals surface area contributed by atoms with Crippen molar-refractivity contribution in [1.82, 2.24) is 0 Å². The highest BCUT2D eigenvalue weighted by atomic mass is 35.5. The van der Waals surface area contributed by atoms with Crippen molar-refractivity contribution in [2.45, 2.75) is 19.8 Å². The Balaban J connectivity index is 2.29. The van der Waals surface area contributed by atoms with Crippen molar-refractivity contribution in [2.75, 3.05) is 31.0 Å². The lowest BCUT2D eigenvalue weighted by atomic mass is 10.2. The van der Waals surface area contributed by atoms with E-state index in [2.05, 4.69) is 5.32 Å². The molecule has 0 aliphatic rings. The summed E-state index contributed by atoms with van der Waals surface area (Å²) in [6.07, 6.45) is 1.20. The summed E-state index contributed by atoms with van der Waals surface area (Å²) in [6, 6.07) is 7.23. The summed E-state index contributed by atoms with van der Waals surface area (Å²) in [5, 5.41) is 2.83. The van der Waals surface area contributed by atoms with Crippen LogP contribution in [0, 0.1) is 0 Å². The SMILES string of the molecule is CCOCCCC(=O)Nc1ccc(OCCCl)cc1. The van der Waals surface area contributed by atoms with Gasteiger partial charge in [-0.15, -0.1) is 11.6 Å². The molecule has 1 rings (SSSR count). The van der Waals surface area contributed by atoms with Crippen molar-refractivity contribution in [3.8, 4) is 5.75 Å². The van der Waals surface area contributed by atoms with Gasteiger partial charge in [0.15, 0.2) is 0 Å². The molecule has 0 spiro atoms. The predicted octanol–water partition coefficient (Wildman–Crippen LogP) is 3.06. The Labute approximate surface area is 119 Å². The second kappa shape index (κ2) is 9.64. The molecule has 0 aliphatic carbocycles. The Morgan fingerprint density at radius 1 is 1.26 bits per heavy atom. The molecule has 0 atom stereocenters. The minimum absolute atomic E-state index is 0.00544. The fourth-order valence-corrected chi connectivity index (χ4v) is 1.57. The molecule has 1 amide bonds. The van der Waals surface area contributed by atoms with Crippen LogP contribution in [0.15, 0.2) is 24.3 Å². The molecule has 1 aromatic rings. The molecule has 0 heterocycles. The topological polar surface area (TPSA) is 47.6 Å². The lowest BCUT2D eigenvalue weighted by molar-refractivity contribution is -0.116. The minimum Gasteiger partial charge on any atom is -0.492 e. The Morgan fingerprint density at radius 3 is 2.63 bits per heavy atom. The zero-order valence-electron chi connectivity index (χ0n) is 11.2. The van der Waals surface area contributed by atoms with Gasteiger partial charge >= 0.3 is 0 Å². The number of anilines is 1. The highest BCUT2D eigenvalue weighted by Crippen LogP contribution is 2.16. The van der Waals surface area contributed by atoms with Crippen molar-refractivity contribution in [1.29, 1.82) is 0 Å². The van der Waals surface area contributed by atoms with Gasteiger partial charge in [0, 0.05) is 25.3 Å². The summed E-state index contributed by atoms with van der Waals surface area (Å²) in [4.78, 5) is 11.6. The standard InChI is InChI=1S/C14H20ClNO3/c1-2-18-10-3-4-14(17)16-12-5-7-13(8-6-12)19-11-9-15/h5-8H,2-4,9-11H2,1H3,(H,16,17). The molecule has 19 heavy (non-hydrogen) atoms. The average Bonchev–Trinajstić information content (AvgIpc) is 2.43. The third kappa shape index (κ3) is 7.03. The number of carbonyl (C=O) groups excluding carboxylic acids is 1. The highest BCUT2D eigenvalue weighted by Gasteiger charge is 2.02. The van der Waals surface area contributed by atoms with Crippen molar-refractivity contribution in [2.24, 2.45) is 0 Å². The smallest absolute Gasteiger partial charge is 0.224 e. The highest BCUT2D eigenvalue weighted by molar-refractivity contribution is 6.18. The second-order valence-electron chi connectivity index (χ2n) is 3.91. The molecule has 0 radical (unpaired) electrons. The Bertz CT molecular complexity index is 367. The number of hydrogen-bond donors (Lipinski definition) is 1. The van der Waals surface area contributed by atoms with Crippen LogP contribution < -0.4 is 10.1 Å². The van der Waals surface area contributed by atoms with E-state index in [-0.39, 0.29) is 5.91 Å². The first-order valence-corrected chi connectivity index (χ1v) is 6.96. The van der Waals surface area contributed by atoms with Gasteiger partial charge in [0.2, 0.25) is 5.91 Å². The van der Waals surface area contributed by atoms with E-state index in [9.17, 15) is 4.79 Å². The number of benzene rings is 1. The van der Waals surface area contributed by atoms with Gasteiger partial charge in [0.05, 0.1) is 5.88 Å². The van der Waals surface area contributed by atoms with Crippen molar-refractivity contribution >= 4 is 23.2 Å². The summed E-state index contributed by atoms with van der Waals surface area (Å²) in [6.45, 7) is 3.72. The second-order valence-corrected chi connectivity index (χ2v) is 4.29. The minimum atomic E-state index is -0.00544. The Kier molecular flexibility index (Phi) is 8.02. The molecular formula is C14H20ClNO3. The number of rotatable bonds is 9. The van der Waals surface area contributed by atoms with E-state index in [0.717, 1.165) is 17.9 Å². The number of halogens is 1. The van der Waals surface area contributed by atoms with E-state index >= 15 is 0 Å². The molecule has 0 unspecified atom stereocenters. The normalized spacial score (nSPS) is 10.2. The molecule has 0 saturated carbocycles. The van der Waals surface area contributed by atoms with Gasteiger partial charge in [0.1, 0.15) is 12.4 Å². The van der Waals surface area contributed by atoms with E-state index < -0.39 is 0 Å². The van der Waals surface area contributed by atoms with Gasteiger partial charge in [-0.2, -0.15) is 0 Å². The Morgan fingerprint density at radius 2 is 2.00 bits per heavy atom. The number of ether oxygens (including phenoxy) is 2. The molecule has 1 N–H and O–H groups in total. The molecule has 0 bridgehead atoms. The molecule has 5 heteroatoms. The first kappa shape index (κ1) is 15.8. The summed E-state index contributed by atoms with van der Waals surface area (Å²) in [5.74, 6) is 1.20. The predicted molar refractivity (Wildman–Crippen MR) is 77.0 cm³/mol. The fraction of sp³-hybridized carbons (Fsp3) is 0.500. The lowest BCUT2D eigenvalue weighted by Crippen LogP contribution is -2.12. The van der Waals surface area contributed by atoms with Crippen LogP contribution in [-0.2, 0) is 9.53 Å². The van der Waals surface area contributed by atoms with Crippen LogP contribution in [0.1, 0.15) is 19.8 Å². The van der Waals surface area contributed by atoms with Crippen LogP contribution >= 0.6 is 11.6 Å². The van der Waals surface area contributed by atoms with Crippen LogP contribution in [0.4, 0.5) is 5.69 Å². The number of amides is 1. The lowest BCUT2D eigenvalue weighted by Gasteiger charge is -2.07. The van der Waals surface area contributed by atoms with Crippen LogP contribution in [-0.4, -0.2) is 31.6 Å². The van der Waals surface area contributed by atoms with Crippen LogP contribution in [0.5, 0.6) is 5.75 Å². The monoisotopic (exact) mass is 285 g/mol. The zero-order valence-corrected chi connectivity index (χ0v) is 11.9. The van der Waals surface area contributed by atoms with Crippen LogP contribution in [0.3, 0.4) is 0 Å². The number of hydrogen-bond acceptors (Lipinski definition) is 3. The molecular weight excluding hydrogens is 266 g/mol. The maximum Gasteiger partial charge on any atom is 0.224 e. The largest absolute Gasteiger partial charge is 0.492 e. The van der Waals surface area contributed by atoms with E-state index in [0.29, 0.717) is 32.1 Å². The zero-order chi connectivity index (χ0) is 13.9. The summed E-state index contributed by atoms with van der Waals surface area (Å²) in [5.41, 5.74) is 0.764. The van der Waals surface area contributed by atoms with E-state index in [1.807, 2.05) is 31.2 Å². The first-order chi connectivity index (χ1) is 9.26. The van der Waals surface area contributed by atoms with Crippen molar-refractivity contribution in [3.05, 3.63) is 24.3 Å². The first-order valence-electron chi connectivity index (χ1n) is 6.42. The molecule has 4 nitrogen and oxygen atoms in total. The van der Waals surface area contributed by atoms with E-state index in [1.54, 1.807) is 0 Å². The van der Waals surface area contributed by atoms with E-state index in [1.165, 1.54) is 0 Å². The van der Waals surface area contributed by atoms with Gasteiger partial charge in [-0.25, -0.2) is 0 Å². The van der Waals surface area contributed by atoms with Crippen molar-refractivity contribution in [3.63, 3.8) is 0 Å². The number of nitrogens with one attached hydrogen (secondary N) is 1. The molecule has 0 saturated heterocycles. The quantitative estimate of drug-likeness (QED) is 0.560. The summed E-state index contributed by atoms with van der Waals surface area (Å²) in [7, 11) is 0. The van der Waals surface area contributed by atoms with Gasteiger partial charge in [-0.1, -0.05) is 0 Å². The maximum atomic E-state index is 11.6. The van der Waals surface area contributed by atoms with E-state index in [4.69, 9.17) is 21.1 Å². The number of alkyl halides is 1. The fourth-order valence-electron chi connectivity index (χ4n) is 1.49. The van der Waals surface area contributed by atoms with Gasteiger partial charge in [-0.3, -0.25) is 4.79 Å². The summed E-state index contributed by atoms with van der Waals surface area (Å²) >= 11 is 5.53. The van der Waals surface area contributed by atoms with Crippen LogP contribution in [0.2, 0.25) is 0 Å². The third-order valence-corrected chi connectivity index (χ3v) is 2.53. The third-order valence-electron chi connectivity index (χ3n) is 2.38. The van der Waals surface area contributed by atoms with Crippen molar-refractivity contribution < 1.29 is 14.3 Å². The van der Waals surface area contributed by atoms with Gasteiger partial charge in [0.25, 0.3) is 0 Å². The summed E-state index contributed by atoms with van der Waals surface area (Å²) < 4.78 is 10.5. The molecule has 106 valence electrons. The van der Waals surface area contributed by atoms with Gasteiger partial charge in [-0.05, 0) is 37.6 Å². The Hall–Kier alpha value is -1.26. The average molecular weight is 286 g/mol. The molecule has 0 aliphatic heterocycles. The maximum absolute atomic E-state index is 11.6. The van der Waals surface area contributed by atoms with Crippen LogP contribution in [0.25, 0.3) is 0 Å². The molecule has 0 aromatic heterocycles. The molecule has 1 aromatic carbocycles. The number of carbonyl (C=O) groups is 1. The van der Waals surface area contributed by atoms with Gasteiger partial charge < -0.3 is 14.8 Å². The molecule has 0 fully saturated rings.